The van der Waals surface area contributed by atoms with Crippen molar-refractivity contribution in [2.24, 2.45) is 0 Å². The van der Waals surface area contributed by atoms with Crippen molar-refractivity contribution in [3.05, 3.63) is 109 Å². The van der Waals surface area contributed by atoms with Crippen molar-refractivity contribution in [3.63, 3.8) is 0 Å². The molecule has 0 saturated carbocycles. The first-order valence-corrected chi connectivity index (χ1v) is 10.4. The van der Waals surface area contributed by atoms with Gasteiger partial charge in [0, 0.05) is 0 Å². The van der Waals surface area contributed by atoms with Crippen LogP contribution in [0.5, 0.6) is 0 Å². The molecule has 0 aliphatic heterocycles. The van der Waals surface area contributed by atoms with E-state index in [4.69, 9.17) is 4.43 Å². The van der Waals surface area contributed by atoms with E-state index < -0.39 is 9.04 Å². The summed E-state index contributed by atoms with van der Waals surface area (Å²) in [4.78, 5) is 0. The molecule has 0 fully saturated rings. The highest BCUT2D eigenvalue weighted by Gasteiger charge is 2.22. The first-order chi connectivity index (χ1) is 12.8. The summed E-state index contributed by atoms with van der Waals surface area (Å²) in [6, 6.07) is 36.3. The predicted molar refractivity (Wildman–Crippen MR) is 111 cm³/mol. The molecular weight excluding hydrogens is 332 g/mol. The highest BCUT2D eigenvalue weighted by molar-refractivity contribution is 6.80. The van der Waals surface area contributed by atoms with Crippen LogP contribution in [0.2, 0.25) is 0 Å². The molecule has 127 valence electrons. The summed E-state index contributed by atoms with van der Waals surface area (Å²) in [7, 11) is -1.30. The van der Waals surface area contributed by atoms with Crippen LogP contribution in [-0.4, -0.2) is 9.04 Å². The van der Waals surface area contributed by atoms with E-state index in [1.54, 1.807) is 0 Å². The van der Waals surface area contributed by atoms with Crippen LogP contribution in [0.4, 0.5) is 0 Å². The van der Waals surface area contributed by atoms with E-state index in [2.05, 4.69) is 110 Å². The van der Waals surface area contributed by atoms with Gasteiger partial charge in [-0.05, 0) is 39.7 Å². The molecule has 4 rings (SSSR count). The molecule has 0 saturated heterocycles. The molecule has 1 atom stereocenters. The van der Waals surface area contributed by atoms with Crippen molar-refractivity contribution in [2.75, 3.05) is 0 Å². The van der Waals surface area contributed by atoms with Gasteiger partial charge < -0.3 is 4.43 Å². The van der Waals surface area contributed by atoms with Crippen LogP contribution in [0, 0.1) is 0 Å². The monoisotopic (exact) mass is 353 g/mol. The van der Waals surface area contributed by atoms with Crippen LogP contribution in [0.3, 0.4) is 0 Å². The molecule has 0 N–H and O–H groups in total. The second-order valence-corrected chi connectivity index (χ2v) is 8.48. The Morgan fingerprint density at radius 3 is 1.77 bits per heavy atom. The lowest BCUT2D eigenvalue weighted by Crippen LogP contribution is -2.45. The molecule has 0 heterocycles. The summed E-state index contributed by atoms with van der Waals surface area (Å²) in [5.74, 6) is 0. The van der Waals surface area contributed by atoms with E-state index in [0.717, 1.165) is 0 Å². The summed E-state index contributed by atoms with van der Waals surface area (Å²) in [5, 5.41) is 5.07. The fourth-order valence-electron chi connectivity index (χ4n) is 3.19. The van der Waals surface area contributed by atoms with E-state index in [9.17, 15) is 0 Å². The van der Waals surface area contributed by atoms with Gasteiger partial charge in [-0.2, -0.15) is 0 Å². The third-order valence-electron chi connectivity index (χ3n) is 4.61. The molecule has 0 aliphatic carbocycles. The second-order valence-electron chi connectivity index (χ2n) is 6.43. The Hall–Kier alpha value is -2.68. The minimum absolute atomic E-state index is 0.0360. The Morgan fingerprint density at radius 1 is 0.615 bits per heavy atom. The summed E-state index contributed by atoms with van der Waals surface area (Å²) in [5.41, 5.74) is 1.22. The van der Waals surface area contributed by atoms with Crippen LogP contribution in [0.25, 0.3) is 10.8 Å². The van der Waals surface area contributed by atoms with Crippen LogP contribution in [0.15, 0.2) is 103 Å². The van der Waals surface area contributed by atoms with Crippen molar-refractivity contribution in [1.29, 1.82) is 0 Å². The lowest BCUT2D eigenvalue weighted by atomic mass is 10.0. The standard InChI is InChI=1S/C24H21OSi/c1-19(21-17-16-20-10-8-9-11-22(20)18-21)25-26(23-12-4-2-5-13-23)24-14-6-3-7-15-24/h2-19H,1H3/t19-/m0/s1. The largest absolute Gasteiger partial charge is 0.400 e. The van der Waals surface area contributed by atoms with E-state index in [-0.39, 0.29) is 6.10 Å². The molecule has 0 unspecified atom stereocenters. The molecule has 4 aromatic carbocycles. The average molecular weight is 354 g/mol. The third-order valence-corrected chi connectivity index (χ3v) is 6.91. The van der Waals surface area contributed by atoms with Crippen LogP contribution >= 0.6 is 0 Å². The number of hydrogen-bond acceptors (Lipinski definition) is 1. The highest BCUT2D eigenvalue weighted by atomic mass is 28.3. The Kier molecular flexibility index (Phi) is 4.96. The smallest absolute Gasteiger partial charge is 0.283 e. The maximum absolute atomic E-state index is 6.66. The quantitative estimate of drug-likeness (QED) is 0.472. The van der Waals surface area contributed by atoms with Gasteiger partial charge in [-0.15, -0.1) is 0 Å². The molecule has 4 aromatic rings. The Labute approximate surface area is 156 Å². The van der Waals surface area contributed by atoms with Gasteiger partial charge in [-0.3, -0.25) is 0 Å². The number of fused-ring (bicyclic) bond motifs is 1. The summed E-state index contributed by atoms with van der Waals surface area (Å²) in [6.45, 7) is 2.15. The summed E-state index contributed by atoms with van der Waals surface area (Å²) < 4.78 is 6.66. The summed E-state index contributed by atoms with van der Waals surface area (Å²) >= 11 is 0. The Morgan fingerprint density at radius 2 is 1.15 bits per heavy atom. The minimum Gasteiger partial charge on any atom is -0.400 e. The lowest BCUT2D eigenvalue weighted by molar-refractivity contribution is 0.237. The molecule has 0 amide bonds. The molecule has 1 nitrogen and oxygen atoms in total. The summed E-state index contributed by atoms with van der Waals surface area (Å²) in [6.07, 6.45) is 0.0360. The fourth-order valence-corrected chi connectivity index (χ4v) is 5.27. The van der Waals surface area contributed by atoms with Crippen molar-refractivity contribution < 1.29 is 4.43 Å². The normalized spacial score (nSPS) is 12.4. The topological polar surface area (TPSA) is 9.23 Å². The van der Waals surface area contributed by atoms with E-state index >= 15 is 0 Å². The van der Waals surface area contributed by atoms with Crippen molar-refractivity contribution in [2.45, 2.75) is 13.0 Å². The Balaban J connectivity index is 1.66. The number of hydrogen-bond donors (Lipinski definition) is 0. The van der Waals surface area contributed by atoms with Crippen LogP contribution < -0.4 is 10.4 Å². The second kappa shape index (κ2) is 7.69. The van der Waals surface area contributed by atoms with Crippen molar-refractivity contribution in [3.8, 4) is 0 Å². The van der Waals surface area contributed by atoms with Gasteiger partial charge in [0.25, 0.3) is 9.04 Å². The number of rotatable bonds is 5. The average Bonchev–Trinajstić information content (AvgIpc) is 2.72. The molecule has 2 heteroatoms. The van der Waals surface area contributed by atoms with Crippen LogP contribution in [-0.2, 0) is 4.43 Å². The zero-order valence-electron chi connectivity index (χ0n) is 14.8. The first-order valence-electron chi connectivity index (χ1n) is 8.94. The first kappa shape index (κ1) is 16.8. The molecule has 0 aliphatic rings. The van der Waals surface area contributed by atoms with Gasteiger partial charge in [0.1, 0.15) is 0 Å². The number of benzene rings is 4. The van der Waals surface area contributed by atoms with Gasteiger partial charge in [0.15, 0.2) is 0 Å². The van der Waals surface area contributed by atoms with Gasteiger partial charge in [-0.25, -0.2) is 0 Å². The van der Waals surface area contributed by atoms with Crippen LogP contribution in [0.1, 0.15) is 18.6 Å². The van der Waals surface area contributed by atoms with E-state index in [1.807, 2.05) is 0 Å². The minimum atomic E-state index is -1.30. The third kappa shape index (κ3) is 3.62. The molecule has 0 aromatic heterocycles. The highest BCUT2D eigenvalue weighted by Crippen LogP contribution is 2.23. The van der Waals surface area contributed by atoms with Crippen molar-refractivity contribution >= 4 is 30.2 Å². The zero-order chi connectivity index (χ0) is 17.8. The van der Waals surface area contributed by atoms with Gasteiger partial charge in [0.05, 0.1) is 6.10 Å². The Bertz CT molecular complexity index is 943. The lowest BCUT2D eigenvalue weighted by Gasteiger charge is -2.22. The molecule has 0 bridgehead atoms. The fraction of sp³-hybridized carbons (Fsp3) is 0.0833. The molecule has 0 spiro atoms. The van der Waals surface area contributed by atoms with Gasteiger partial charge >= 0.3 is 0 Å². The van der Waals surface area contributed by atoms with Gasteiger partial charge in [0.2, 0.25) is 0 Å². The molecular formula is C24H21OSi. The predicted octanol–water partition coefficient (Wildman–Crippen LogP) is 4.72. The van der Waals surface area contributed by atoms with E-state index in [1.165, 1.54) is 26.7 Å². The van der Waals surface area contributed by atoms with Crippen molar-refractivity contribution in [1.82, 2.24) is 0 Å². The molecule has 1 radical (unpaired) electrons. The maximum atomic E-state index is 6.66. The SMILES string of the molecule is C[C@H](O[Si](c1ccccc1)c1ccccc1)c1ccc2ccccc2c1. The van der Waals surface area contributed by atoms with Gasteiger partial charge in [-0.1, -0.05) is 97.1 Å². The maximum Gasteiger partial charge on any atom is 0.283 e. The molecule has 26 heavy (non-hydrogen) atoms. The van der Waals surface area contributed by atoms with E-state index in [0.29, 0.717) is 0 Å². The zero-order valence-corrected chi connectivity index (χ0v) is 15.8.